The van der Waals surface area contributed by atoms with Crippen molar-refractivity contribution in [2.24, 2.45) is 0 Å². The molecule has 0 atom stereocenters. The summed E-state index contributed by atoms with van der Waals surface area (Å²) in [6, 6.07) is 0. The third-order valence-corrected chi connectivity index (χ3v) is 11.6. The van der Waals surface area contributed by atoms with Gasteiger partial charge in [0.25, 0.3) is 0 Å². The summed E-state index contributed by atoms with van der Waals surface area (Å²) >= 11 is 0.569. The molecule has 0 radical (unpaired) electrons. The van der Waals surface area contributed by atoms with Crippen molar-refractivity contribution in [1.82, 2.24) is 0 Å². The summed E-state index contributed by atoms with van der Waals surface area (Å²) in [5.41, 5.74) is 4.60. The first-order valence-electron chi connectivity index (χ1n) is 12.7. The van der Waals surface area contributed by atoms with Crippen LogP contribution in [0, 0.1) is 0 Å². The van der Waals surface area contributed by atoms with Gasteiger partial charge in [0.15, 0.2) is 0 Å². The fourth-order valence-electron chi connectivity index (χ4n) is 5.74. The van der Waals surface area contributed by atoms with Crippen molar-refractivity contribution in [2.45, 2.75) is 151 Å². The summed E-state index contributed by atoms with van der Waals surface area (Å²) in [5.74, 6) is 0. The molecule has 0 aromatic rings. The van der Waals surface area contributed by atoms with Gasteiger partial charge in [0.05, 0.1) is 0 Å². The summed E-state index contributed by atoms with van der Waals surface area (Å²) in [6.45, 7) is 0. The Kier molecular flexibility index (Phi) is 17.2. The zero-order chi connectivity index (χ0) is 20.6. The topological polar surface area (TPSA) is 0 Å². The molecule has 0 aromatic heterocycles. The number of rotatable bonds is 4. The summed E-state index contributed by atoms with van der Waals surface area (Å²) in [6.07, 6.45) is 30.9. The van der Waals surface area contributed by atoms with Crippen LogP contribution < -0.4 is 0 Å². The Morgan fingerprint density at radius 3 is 0.724 bits per heavy atom. The zero-order valence-corrected chi connectivity index (χ0v) is 23.0. The molecule has 0 spiro atoms. The standard InChI is InChI=1S/2C12H23P.2ClH.Ni/c2*1-3-7-11(8-4-1)13-12-9-5-2-6-10-12;;;/h2*11-13H,1-10H2;2*1H;/q;;;;+2/p-2. The molecule has 0 unspecified atom stereocenters. The molecule has 5 heteroatoms. The second kappa shape index (κ2) is 18.4. The third-order valence-electron chi connectivity index (χ3n) is 7.36. The molecule has 0 nitrogen and oxygen atoms in total. The molecule has 0 heterocycles. The fraction of sp³-hybridized carbons (Fsp3) is 1.00. The van der Waals surface area contributed by atoms with E-state index in [1.165, 1.54) is 94.2 Å². The molecule has 0 bridgehead atoms. The van der Waals surface area contributed by atoms with Gasteiger partial charge in [-0.25, -0.2) is 0 Å². The Balaban J connectivity index is 0.000000183. The SMILES string of the molecule is C1CCC(PC2CCCCC2)CC1.C1CCC(PC2CCCCC2)CC1.[Cl][Ni][Cl]. The Morgan fingerprint density at radius 1 is 0.379 bits per heavy atom. The second-order valence-corrected chi connectivity index (χ2v) is 15.3. The van der Waals surface area contributed by atoms with Crippen LogP contribution in [0.5, 0.6) is 0 Å². The van der Waals surface area contributed by atoms with Crippen molar-refractivity contribution < 1.29 is 12.7 Å². The maximum absolute atomic E-state index is 4.70. The van der Waals surface area contributed by atoms with Gasteiger partial charge in [0, 0.05) is 0 Å². The molecule has 4 rings (SSSR count). The number of hydrogen-bond acceptors (Lipinski definition) is 0. The van der Waals surface area contributed by atoms with E-state index in [-0.39, 0.29) is 0 Å². The summed E-state index contributed by atoms with van der Waals surface area (Å²) < 4.78 is 0. The first-order valence-corrected chi connectivity index (χ1v) is 17.7. The molecule has 176 valence electrons. The maximum atomic E-state index is 4.70. The monoisotopic (exact) mass is 524 g/mol. The molecule has 0 aliphatic heterocycles. The summed E-state index contributed by atoms with van der Waals surface area (Å²) in [4.78, 5) is 0. The van der Waals surface area contributed by atoms with Gasteiger partial charge in [-0.1, -0.05) is 77.0 Å². The van der Waals surface area contributed by atoms with Crippen molar-refractivity contribution in [3.05, 3.63) is 0 Å². The van der Waals surface area contributed by atoms with Crippen molar-refractivity contribution >= 4 is 37.5 Å². The van der Waals surface area contributed by atoms with E-state index in [1.54, 1.807) is 51.4 Å². The van der Waals surface area contributed by atoms with E-state index >= 15 is 0 Å². The van der Waals surface area contributed by atoms with E-state index in [9.17, 15) is 0 Å². The minimum atomic E-state index is 0.569. The quantitative estimate of drug-likeness (QED) is 0.253. The van der Waals surface area contributed by atoms with E-state index in [2.05, 4.69) is 0 Å². The number of hydrogen-bond donors (Lipinski definition) is 0. The zero-order valence-electron chi connectivity index (χ0n) is 18.5. The van der Waals surface area contributed by atoms with Crippen molar-refractivity contribution in [1.29, 1.82) is 0 Å². The van der Waals surface area contributed by atoms with Gasteiger partial charge >= 0.3 is 33.0 Å². The molecule has 4 saturated carbocycles. The van der Waals surface area contributed by atoms with Crippen molar-refractivity contribution in [2.75, 3.05) is 0 Å². The van der Waals surface area contributed by atoms with Crippen LogP contribution in [-0.4, -0.2) is 22.6 Å². The van der Waals surface area contributed by atoms with Crippen LogP contribution >= 0.6 is 37.5 Å². The van der Waals surface area contributed by atoms with Gasteiger partial charge in [-0.05, 0) is 74.0 Å². The Hall–Kier alpha value is 1.93. The summed E-state index contributed by atoms with van der Waals surface area (Å²) in [5, 5.41) is 0. The van der Waals surface area contributed by atoms with Gasteiger partial charge in [-0.3, -0.25) is 0 Å². The molecule has 4 aliphatic rings. The predicted octanol–water partition coefficient (Wildman–Crippen LogP) is 10.0. The molecule has 0 aromatic carbocycles. The third kappa shape index (κ3) is 13.3. The van der Waals surface area contributed by atoms with Crippen molar-refractivity contribution in [3.63, 3.8) is 0 Å². The van der Waals surface area contributed by atoms with Crippen LogP contribution in [0.4, 0.5) is 0 Å². The Labute approximate surface area is 200 Å². The average Bonchev–Trinajstić information content (AvgIpc) is 2.78. The van der Waals surface area contributed by atoms with Crippen LogP contribution in [0.1, 0.15) is 128 Å². The summed E-state index contributed by atoms with van der Waals surface area (Å²) in [7, 11) is 12.1. The van der Waals surface area contributed by atoms with Gasteiger partial charge in [-0.2, -0.15) is 0 Å². The van der Waals surface area contributed by atoms with E-state index in [0.717, 1.165) is 22.6 Å². The molecule has 4 fully saturated rings. The van der Waals surface area contributed by atoms with Gasteiger partial charge in [-0.15, -0.1) is 17.2 Å². The first kappa shape index (κ1) is 27.2. The van der Waals surface area contributed by atoms with Crippen LogP contribution in [0.3, 0.4) is 0 Å². The van der Waals surface area contributed by atoms with Gasteiger partial charge in [0.2, 0.25) is 0 Å². The molecule has 0 amide bonds. The van der Waals surface area contributed by atoms with Gasteiger partial charge in [0.1, 0.15) is 0 Å². The first-order chi connectivity index (χ1) is 14.3. The van der Waals surface area contributed by atoms with Crippen LogP contribution in [0.15, 0.2) is 0 Å². The van der Waals surface area contributed by atoms with Crippen molar-refractivity contribution in [3.8, 4) is 0 Å². The predicted molar refractivity (Wildman–Crippen MR) is 136 cm³/mol. The fourth-order valence-corrected chi connectivity index (χ4v) is 10.0. The minimum absolute atomic E-state index is 0.569. The second-order valence-electron chi connectivity index (χ2n) is 9.72. The van der Waals surface area contributed by atoms with Crippen LogP contribution in [-0.2, 0) is 12.7 Å². The van der Waals surface area contributed by atoms with E-state index in [4.69, 9.17) is 20.4 Å². The molecular weight excluding hydrogens is 480 g/mol. The number of halogens is 2. The molecule has 0 saturated heterocycles. The average molecular weight is 526 g/mol. The molecular formula is C24H46Cl2NiP2. The Bertz CT molecular complexity index is 296. The molecule has 29 heavy (non-hydrogen) atoms. The van der Waals surface area contributed by atoms with Crippen LogP contribution in [0.2, 0.25) is 0 Å². The molecule has 0 N–H and O–H groups in total. The van der Waals surface area contributed by atoms with E-state index < -0.39 is 0 Å². The Morgan fingerprint density at radius 2 is 0.552 bits per heavy atom. The van der Waals surface area contributed by atoms with Gasteiger partial charge < -0.3 is 0 Å². The molecule has 4 aliphatic carbocycles. The van der Waals surface area contributed by atoms with E-state index in [0.29, 0.717) is 12.7 Å². The normalized spacial score (nSPS) is 25.6. The van der Waals surface area contributed by atoms with Crippen LogP contribution in [0.25, 0.3) is 0 Å². The van der Waals surface area contributed by atoms with E-state index in [1.807, 2.05) is 0 Å².